The van der Waals surface area contributed by atoms with Crippen LogP contribution in [0.2, 0.25) is 0 Å². The van der Waals surface area contributed by atoms with E-state index in [-0.39, 0.29) is 12.0 Å². The Morgan fingerprint density at radius 1 is 1.24 bits per heavy atom. The Labute approximate surface area is 171 Å². The molecule has 4 rings (SSSR count). The highest BCUT2D eigenvalue weighted by atomic mass is 16.5. The zero-order valence-electron chi connectivity index (χ0n) is 17.4. The molecule has 0 bridgehead atoms. The molecule has 0 saturated heterocycles. The average Bonchev–Trinajstić information content (AvgIpc) is 3.05. The molecule has 1 amide bonds. The van der Waals surface area contributed by atoms with Crippen LogP contribution in [-0.2, 0) is 16.6 Å². The van der Waals surface area contributed by atoms with E-state index < -0.39 is 11.0 Å². The summed E-state index contributed by atoms with van der Waals surface area (Å²) in [6, 6.07) is 15.8. The molecular formula is C23H28N4O2. The van der Waals surface area contributed by atoms with Crippen molar-refractivity contribution in [2.24, 2.45) is 18.2 Å². The highest BCUT2D eigenvalue weighted by molar-refractivity contribution is 6.00. The van der Waals surface area contributed by atoms with Crippen LogP contribution in [0.15, 0.2) is 48.5 Å². The monoisotopic (exact) mass is 392 g/mol. The highest BCUT2D eigenvalue weighted by Gasteiger charge is 2.62. The number of rotatable bonds is 5. The molecule has 2 atom stereocenters. The first kappa shape index (κ1) is 19.6. The lowest BCUT2D eigenvalue weighted by molar-refractivity contribution is -0.166. The van der Waals surface area contributed by atoms with E-state index in [2.05, 4.69) is 16.0 Å². The van der Waals surface area contributed by atoms with E-state index in [1.54, 1.807) is 0 Å². The van der Waals surface area contributed by atoms with Crippen molar-refractivity contribution in [1.82, 2.24) is 9.55 Å². The zero-order valence-corrected chi connectivity index (χ0v) is 17.4. The summed E-state index contributed by atoms with van der Waals surface area (Å²) in [5.74, 6) is 0.716. The molecule has 2 aromatic carbocycles. The third-order valence-corrected chi connectivity index (χ3v) is 6.42. The van der Waals surface area contributed by atoms with E-state index in [1.807, 2.05) is 70.3 Å². The minimum absolute atomic E-state index is 0.00294. The van der Waals surface area contributed by atoms with Gasteiger partial charge in [-0.25, -0.2) is 4.98 Å². The van der Waals surface area contributed by atoms with Crippen molar-refractivity contribution in [3.8, 4) is 11.4 Å². The molecule has 1 aromatic heterocycles. The summed E-state index contributed by atoms with van der Waals surface area (Å²) in [4.78, 5) is 17.6. The van der Waals surface area contributed by atoms with Gasteiger partial charge in [-0.1, -0.05) is 26.0 Å². The van der Waals surface area contributed by atoms with Crippen LogP contribution in [0.5, 0.6) is 0 Å². The van der Waals surface area contributed by atoms with Gasteiger partial charge in [-0.15, -0.1) is 0 Å². The van der Waals surface area contributed by atoms with E-state index >= 15 is 0 Å². The fourth-order valence-electron chi connectivity index (χ4n) is 4.17. The maximum Gasteiger partial charge on any atom is 0.245 e. The molecule has 3 N–H and O–H groups in total. The first-order chi connectivity index (χ1) is 13.8. The molecule has 6 heteroatoms. The summed E-state index contributed by atoms with van der Waals surface area (Å²) in [6.45, 7) is 6.56. The van der Waals surface area contributed by atoms with Crippen LogP contribution in [0.25, 0.3) is 22.4 Å². The molecule has 1 fully saturated rings. The number of anilines is 1. The molecule has 0 spiro atoms. The number of para-hydroxylation sites is 2. The number of imidazole rings is 1. The quantitative estimate of drug-likeness (QED) is 0.693. The number of hydrogen-bond acceptors (Lipinski definition) is 4. The van der Waals surface area contributed by atoms with Crippen LogP contribution in [0.3, 0.4) is 0 Å². The van der Waals surface area contributed by atoms with Gasteiger partial charge in [-0.3, -0.25) is 4.79 Å². The van der Waals surface area contributed by atoms with Crippen molar-refractivity contribution in [3.05, 3.63) is 48.5 Å². The first-order valence-electron chi connectivity index (χ1n) is 10.0. The molecule has 3 aromatic rings. The number of aromatic nitrogens is 2. The van der Waals surface area contributed by atoms with Crippen LogP contribution in [0.1, 0.15) is 27.2 Å². The molecule has 29 heavy (non-hydrogen) atoms. The first-order valence-corrected chi connectivity index (χ1v) is 10.0. The fraction of sp³-hybridized carbons (Fsp3) is 0.391. The molecule has 0 aliphatic heterocycles. The average molecular weight is 393 g/mol. The van der Waals surface area contributed by atoms with Crippen LogP contribution in [-0.4, -0.2) is 33.7 Å². The summed E-state index contributed by atoms with van der Waals surface area (Å²) in [7, 11) is 2.01. The summed E-state index contributed by atoms with van der Waals surface area (Å²) in [5, 5.41) is 2.98. The molecule has 1 saturated carbocycles. The van der Waals surface area contributed by atoms with Crippen LogP contribution in [0.4, 0.5) is 5.69 Å². The topological polar surface area (TPSA) is 82.2 Å². The van der Waals surface area contributed by atoms with Crippen molar-refractivity contribution in [3.63, 3.8) is 0 Å². The van der Waals surface area contributed by atoms with Crippen LogP contribution in [0, 0.1) is 5.41 Å². The molecule has 152 valence electrons. The van der Waals surface area contributed by atoms with Crippen molar-refractivity contribution >= 4 is 22.6 Å². The Morgan fingerprint density at radius 2 is 1.93 bits per heavy atom. The predicted octanol–water partition coefficient (Wildman–Crippen LogP) is 3.71. The third-order valence-electron chi connectivity index (χ3n) is 6.42. The van der Waals surface area contributed by atoms with Gasteiger partial charge in [0.15, 0.2) is 0 Å². The summed E-state index contributed by atoms with van der Waals surface area (Å²) in [6.07, 6.45) is 0.528. The Bertz CT molecular complexity index is 1050. The summed E-state index contributed by atoms with van der Waals surface area (Å²) >= 11 is 0. The summed E-state index contributed by atoms with van der Waals surface area (Å²) in [5.41, 5.74) is 8.87. The number of amides is 1. The Balaban J connectivity index is 1.51. The predicted molar refractivity (Wildman–Crippen MR) is 116 cm³/mol. The summed E-state index contributed by atoms with van der Waals surface area (Å²) < 4.78 is 7.79. The van der Waals surface area contributed by atoms with E-state index in [0.29, 0.717) is 13.0 Å². The highest BCUT2D eigenvalue weighted by Crippen LogP contribution is 2.50. The largest absolute Gasteiger partial charge is 0.378 e. The number of aryl methyl sites for hydroxylation is 1. The molecule has 1 aliphatic carbocycles. The minimum Gasteiger partial charge on any atom is -0.378 e. The van der Waals surface area contributed by atoms with E-state index in [0.717, 1.165) is 28.1 Å². The zero-order chi connectivity index (χ0) is 20.8. The molecule has 2 unspecified atom stereocenters. The standard InChI is InChI=1S/C23H28N4O2/c1-5-29-19-14-23(24,22(19,2)3)21(28)25-16-12-10-15(11-13-16)20-26-17-8-6-7-9-18(17)27(20)4/h6-13,19H,5,14,24H2,1-4H3,(H,25,28). The second-order valence-corrected chi connectivity index (χ2v) is 8.36. The van der Waals surface area contributed by atoms with Gasteiger partial charge in [0.05, 0.1) is 17.1 Å². The lowest BCUT2D eigenvalue weighted by Crippen LogP contribution is -2.74. The van der Waals surface area contributed by atoms with E-state index in [9.17, 15) is 4.79 Å². The molecule has 1 aliphatic rings. The van der Waals surface area contributed by atoms with Crippen molar-refractivity contribution < 1.29 is 9.53 Å². The Hall–Kier alpha value is -2.70. The van der Waals surface area contributed by atoms with E-state index in [4.69, 9.17) is 15.5 Å². The minimum atomic E-state index is -0.942. The number of hydrogen-bond donors (Lipinski definition) is 2. The molecule has 0 radical (unpaired) electrons. The maximum absolute atomic E-state index is 12.9. The fourth-order valence-corrected chi connectivity index (χ4v) is 4.17. The maximum atomic E-state index is 12.9. The number of carbonyl (C=O) groups excluding carboxylic acids is 1. The number of carbonyl (C=O) groups is 1. The van der Waals surface area contributed by atoms with Crippen molar-refractivity contribution in [2.45, 2.75) is 38.8 Å². The molecule has 6 nitrogen and oxygen atoms in total. The van der Waals surface area contributed by atoms with Gasteiger partial charge in [0.1, 0.15) is 11.4 Å². The smallest absolute Gasteiger partial charge is 0.245 e. The molecule has 1 heterocycles. The van der Waals surface area contributed by atoms with Gasteiger partial charge < -0.3 is 20.4 Å². The number of nitrogens with zero attached hydrogens (tertiary/aromatic N) is 2. The number of nitrogens with one attached hydrogen (secondary N) is 1. The van der Waals surface area contributed by atoms with Gasteiger partial charge in [0.25, 0.3) is 0 Å². The second kappa shape index (κ2) is 6.97. The van der Waals surface area contributed by atoms with Crippen LogP contribution < -0.4 is 11.1 Å². The van der Waals surface area contributed by atoms with Crippen molar-refractivity contribution in [2.75, 3.05) is 11.9 Å². The second-order valence-electron chi connectivity index (χ2n) is 8.36. The van der Waals surface area contributed by atoms with Gasteiger partial charge >= 0.3 is 0 Å². The molecular weight excluding hydrogens is 364 g/mol. The van der Waals surface area contributed by atoms with Crippen molar-refractivity contribution in [1.29, 1.82) is 0 Å². The van der Waals surface area contributed by atoms with Gasteiger partial charge in [0, 0.05) is 36.7 Å². The van der Waals surface area contributed by atoms with Gasteiger partial charge in [0.2, 0.25) is 5.91 Å². The lowest BCUT2D eigenvalue weighted by Gasteiger charge is -2.57. The SMILES string of the molecule is CCOC1CC(N)(C(=O)Nc2ccc(-c3nc4ccccc4n3C)cc2)C1(C)C. The number of benzene rings is 2. The third kappa shape index (κ3) is 3.03. The Morgan fingerprint density at radius 3 is 2.55 bits per heavy atom. The van der Waals surface area contributed by atoms with Gasteiger partial charge in [-0.2, -0.15) is 0 Å². The Kier molecular flexibility index (Phi) is 4.71. The van der Waals surface area contributed by atoms with E-state index in [1.165, 1.54) is 0 Å². The lowest BCUT2D eigenvalue weighted by atomic mass is 9.54. The number of ether oxygens (including phenoxy) is 1. The van der Waals surface area contributed by atoms with Gasteiger partial charge in [-0.05, 0) is 43.3 Å². The van der Waals surface area contributed by atoms with Crippen LogP contribution >= 0.6 is 0 Å². The number of nitrogens with two attached hydrogens (primary N) is 1. The number of fused-ring (bicyclic) bond motifs is 1. The normalized spacial score (nSPS) is 23.0.